The number of nitrogens with zero attached hydrogens (tertiary/aromatic N) is 3. The zero-order valence-electron chi connectivity index (χ0n) is 11.7. The van der Waals surface area contributed by atoms with E-state index in [9.17, 15) is 0 Å². The Labute approximate surface area is 128 Å². The van der Waals surface area contributed by atoms with Crippen molar-refractivity contribution in [3.63, 3.8) is 0 Å². The van der Waals surface area contributed by atoms with Crippen LogP contribution in [-0.4, -0.2) is 21.3 Å². The van der Waals surface area contributed by atoms with Gasteiger partial charge in [-0.25, -0.2) is 4.98 Å². The molecule has 0 bridgehead atoms. The minimum Gasteiger partial charge on any atom is -0.369 e. The van der Waals surface area contributed by atoms with E-state index in [-0.39, 0.29) is 0 Å². The standard InChI is InChI=1S/C13H17Cl2N5/c1-4-16-12-10(14)5-11(15)13(19-12)17-6-9-7-18-20(3)8(9)2/h5,7H,4,6H2,1-3H3,(H2,16,17,19). The second kappa shape index (κ2) is 6.33. The van der Waals surface area contributed by atoms with Crippen LogP contribution in [0.25, 0.3) is 0 Å². The first kappa shape index (κ1) is 14.9. The van der Waals surface area contributed by atoms with Gasteiger partial charge in [0.25, 0.3) is 0 Å². The fourth-order valence-electron chi connectivity index (χ4n) is 1.78. The first-order chi connectivity index (χ1) is 9.52. The lowest BCUT2D eigenvalue weighted by molar-refractivity contribution is 0.738. The van der Waals surface area contributed by atoms with Crippen LogP contribution in [-0.2, 0) is 13.6 Å². The third-order valence-corrected chi connectivity index (χ3v) is 3.63. The molecule has 0 unspecified atom stereocenters. The topological polar surface area (TPSA) is 54.8 Å². The van der Waals surface area contributed by atoms with E-state index in [0.29, 0.717) is 28.2 Å². The molecule has 0 aromatic carbocycles. The maximum Gasteiger partial charge on any atom is 0.147 e. The minimum atomic E-state index is 0.498. The fraction of sp³-hybridized carbons (Fsp3) is 0.385. The van der Waals surface area contributed by atoms with Gasteiger partial charge in [0.15, 0.2) is 0 Å². The van der Waals surface area contributed by atoms with Crippen molar-refractivity contribution in [2.24, 2.45) is 7.05 Å². The van der Waals surface area contributed by atoms with Gasteiger partial charge in [0, 0.05) is 31.4 Å². The third kappa shape index (κ3) is 3.16. The Balaban J connectivity index is 2.16. The number of halogens is 2. The molecule has 2 rings (SSSR count). The van der Waals surface area contributed by atoms with Gasteiger partial charge in [0.05, 0.1) is 16.2 Å². The lowest BCUT2D eigenvalue weighted by atomic mass is 10.2. The van der Waals surface area contributed by atoms with Crippen LogP contribution >= 0.6 is 23.2 Å². The molecule has 0 spiro atoms. The van der Waals surface area contributed by atoms with Crippen molar-refractivity contribution in [1.82, 2.24) is 14.8 Å². The Morgan fingerprint density at radius 2 is 1.85 bits per heavy atom. The Morgan fingerprint density at radius 1 is 1.20 bits per heavy atom. The van der Waals surface area contributed by atoms with Gasteiger partial charge < -0.3 is 10.6 Å². The summed E-state index contributed by atoms with van der Waals surface area (Å²) in [6, 6.07) is 1.69. The second-order valence-corrected chi connectivity index (χ2v) is 5.23. The van der Waals surface area contributed by atoms with E-state index in [1.165, 1.54) is 0 Å². The molecule has 0 fully saturated rings. The second-order valence-electron chi connectivity index (χ2n) is 4.41. The van der Waals surface area contributed by atoms with Crippen LogP contribution in [0.4, 0.5) is 11.6 Å². The lowest BCUT2D eigenvalue weighted by Gasteiger charge is -2.11. The van der Waals surface area contributed by atoms with E-state index in [0.717, 1.165) is 17.8 Å². The Hall–Kier alpha value is -1.46. The molecule has 0 atom stereocenters. The van der Waals surface area contributed by atoms with E-state index in [2.05, 4.69) is 20.7 Å². The largest absolute Gasteiger partial charge is 0.369 e. The van der Waals surface area contributed by atoms with Crippen LogP contribution in [0.1, 0.15) is 18.2 Å². The summed E-state index contributed by atoms with van der Waals surface area (Å²) in [5.41, 5.74) is 2.21. The number of aryl methyl sites for hydroxylation is 1. The van der Waals surface area contributed by atoms with Crippen molar-refractivity contribution in [2.45, 2.75) is 20.4 Å². The highest BCUT2D eigenvalue weighted by molar-refractivity contribution is 6.37. The highest BCUT2D eigenvalue weighted by Crippen LogP contribution is 2.29. The lowest BCUT2D eigenvalue weighted by Crippen LogP contribution is -2.06. The van der Waals surface area contributed by atoms with Gasteiger partial charge in [0.2, 0.25) is 0 Å². The molecule has 0 saturated heterocycles. The van der Waals surface area contributed by atoms with Gasteiger partial charge in [-0.05, 0) is 19.9 Å². The quantitative estimate of drug-likeness (QED) is 0.887. The molecule has 0 aliphatic carbocycles. The summed E-state index contributed by atoms with van der Waals surface area (Å²) in [6.45, 7) is 5.36. The molecule has 108 valence electrons. The average molecular weight is 314 g/mol. The number of hydrogen-bond donors (Lipinski definition) is 2. The number of hydrogen-bond acceptors (Lipinski definition) is 4. The molecule has 7 heteroatoms. The molecule has 0 aliphatic heterocycles. The normalized spacial score (nSPS) is 10.7. The molecule has 2 aromatic rings. The van der Waals surface area contributed by atoms with Gasteiger partial charge in [0.1, 0.15) is 11.6 Å². The van der Waals surface area contributed by atoms with Crippen LogP contribution < -0.4 is 10.6 Å². The molecular formula is C13H17Cl2N5. The molecule has 0 radical (unpaired) electrons. The van der Waals surface area contributed by atoms with E-state index in [4.69, 9.17) is 23.2 Å². The zero-order chi connectivity index (χ0) is 14.7. The van der Waals surface area contributed by atoms with Crippen LogP contribution in [0.2, 0.25) is 10.0 Å². The summed E-state index contributed by atoms with van der Waals surface area (Å²) in [7, 11) is 1.91. The van der Waals surface area contributed by atoms with Crippen LogP contribution in [0.15, 0.2) is 12.3 Å². The molecule has 20 heavy (non-hydrogen) atoms. The third-order valence-electron chi connectivity index (χ3n) is 3.06. The number of pyridine rings is 1. The van der Waals surface area contributed by atoms with Crippen LogP contribution in [0.5, 0.6) is 0 Å². The van der Waals surface area contributed by atoms with Crippen LogP contribution in [0, 0.1) is 6.92 Å². The predicted octanol–water partition coefficient (Wildman–Crippen LogP) is 3.47. The maximum absolute atomic E-state index is 6.15. The Morgan fingerprint density at radius 3 is 2.40 bits per heavy atom. The van der Waals surface area contributed by atoms with Gasteiger partial charge in [-0.1, -0.05) is 23.2 Å². The highest BCUT2D eigenvalue weighted by Gasteiger charge is 2.10. The van der Waals surface area contributed by atoms with Crippen molar-refractivity contribution in [2.75, 3.05) is 17.2 Å². The van der Waals surface area contributed by atoms with E-state index in [1.54, 1.807) is 6.07 Å². The fourth-order valence-corrected chi connectivity index (χ4v) is 2.27. The van der Waals surface area contributed by atoms with Crippen molar-refractivity contribution in [1.29, 1.82) is 0 Å². The predicted molar refractivity (Wildman–Crippen MR) is 83.7 cm³/mol. The molecular weight excluding hydrogens is 297 g/mol. The SMILES string of the molecule is CCNc1nc(NCc2cnn(C)c2C)c(Cl)cc1Cl. The molecule has 2 heterocycles. The first-order valence-corrected chi connectivity index (χ1v) is 7.09. The zero-order valence-corrected chi connectivity index (χ0v) is 13.2. The molecule has 0 amide bonds. The number of anilines is 2. The van der Waals surface area contributed by atoms with Gasteiger partial charge in [-0.3, -0.25) is 4.68 Å². The van der Waals surface area contributed by atoms with Crippen molar-refractivity contribution < 1.29 is 0 Å². The molecule has 2 N–H and O–H groups in total. The van der Waals surface area contributed by atoms with E-state index < -0.39 is 0 Å². The summed E-state index contributed by atoms with van der Waals surface area (Å²) in [6.07, 6.45) is 1.83. The summed E-state index contributed by atoms with van der Waals surface area (Å²) in [4.78, 5) is 4.40. The Bertz CT molecular complexity index is 609. The van der Waals surface area contributed by atoms with Crippen LogP contribution in [0.3, 0.4) is 0 Å². The maximum atomic E-state index is 6.15. The highest BCUT2D eigenvalue weighted by atomic mass is 35.5. The monoisotopic (exact) mass is 313 g/mol. The number of aromatic nitrogens is 3. The number of rotatable bonds is 5. The summed E-state index contributed by atoms with van der Waals surface area (Å²) < 4.78 is 1.83. The molecule has 2 aromatic heterocycles. The number of nitrogens with one attached hydrogen (secondary N) is 2. The smallest absolute Gasteiger partial charge is 0.147 e. The molecule has 5 nitrogen and oxygen atoms in total. The first-order valence-electron chi connectivity index (χ1n) is 6.34. The average Bonchev–Trinajstić information content (AvgIpc) is 2.72. The van der Waals surface area contributed by atoms with Crippen molar-refractivity contribution >= 4 is 34.8 Å². The molecule has 0 saturated carbocycles. The van der Waals surface area contributed by atoms with E-state index >= 15 is 0 Å². The summed E-state index contributed by atoms with van der Waals surface area (Å²) in [5, 5.41) is 11.5. The summed E-state index contributed by atoms with van der Waals surface area (Å²) >= 11 is 12.2. The van der Waals surface area contributed by atoms with Gasteiger partial charge in [-0.15, -0.1) is 0 Å². The summed E-state index contributed by atoms with van der Waals surface area (Å²) in [5.74, 6) is 1.24. The van der Waals surface area contributed by atoms with Crippen molar-refractivity contribution in [3.05, 3.63) is 33.6 Å². The molecule has 0 aliphatic rings. The van der Waals surface area contributed by atoms with E-state index in [1.807, 2.05) is 31.8 Å². The minimum absolute atomic E-state index is 0.498. The van der Waals surface area contributed by atoms with Gasteiger partial charge >= 0.3 is 0 Å². The Kier molecular flexibility index (Phi) is 4.73. The van der Waals surface area contributed by atoms with Crippen molar-refractivity contribution in [3.8, 4) is 0 Å². The van der Waals surface area contributed by atoms with Gasteiger partial charge in [-0.2, -0.15) is 5.10 Å².